The fourth-order valence-electron chi connectivity index (χ4n) is 2.94. The van der Waals surface area contributed by atoms with E-state index < -0.39 is 10.2 Å². The zero-order valence-electron chi connectivity index (χ0n) is 14.7. The predicted octanol–water partition coefficient (Wildman–Crippen LogP) is 1.03. The Bertz CT molecular complexity index is 572. The molecule has 2 N–H and O–H groups in total. The first-order chi connectivity index (χ1) is 11.5. The Morgan fingerprint density at radius 3 is 2.33 bits per heavy atom. The van der Waals surface area contributed by atoms with Crippen molar-refractivity contribution in [1.82, 2.24) is 19.2 Å². The Kier molecular flexibility index (Phi) is 7.64. The van der Waals surface area contributed by atoms with Crippen molar-refractivity contribution in [2.24, 2.45) is 0 Å². The van der Waals surface area contributed by atoms with Gasteiger partial charge in [-0.3, -0.25) is 9.80 Å². The van der Waals surface area contributed by atoms with Gasteiger partial charge >= 0.3 is 0 Å². The second kappa shape index (κ2) is 9.48. The second-order valence-corrected chi connectivity index (χ2v) is 8.01. The number of piperazine rings is 1. The molecular formula is C17H30N4O2S. The molecule has 0 spiro atoms. The molecule has 136 valence electrons. The van der Waals surface area contributed by atoms with Crippen molar-refractivity contribution in [3.63, 3.8) is 0 Å². The summed E-state index contributed by atoms with van der Waals surface area (Å²) in [6.45, 7) is 10.0. The molecule has 6 nitrogen and oxygen atoms in total. The standard InChI is InChI=1S/C17H30N4O2S/c1-3-9-18-24(22,23)19-16(2)14-20-10-12-21(13-11-20)15-17-7-5-4-6-8-17/h4-8,16,18-19H,3,9-15H2,1-2H3. The Labute approximate surface area is 146 Å². The lowest BCUT2D eigenvalue weighted by Crippen LogP contribution is -2.51. The van der Waals surface area contributed by atoms with Crippen LogP contribution in [0.1, 0.15) is 25.8 Å². The number of hydrogen-bond donors (Lipinski definition) is 2. The Hall–Kier alpha value is -0.990. The first kappa shape index (κ1) is 19.3. The van der Waals surface area contributed by atoms with E-state index in [4.69, 9.17) is 0 Å². The molecule has 1 unspecified atom stereocenters. The third kappa shape index (κ3) is 6.86. The van der Waals surface area contributed by atoms with E-state index in [2.05, 4.69) is 43.5 Å². The molecule has 1 aliphatic heterocycles. The minimum absolute atomic E-state index is 0.0972. The van der Waals surface area contributed by atoms with E-state index in [1.165, 1.54) is 5.56 Å². The maximum Gasteiger partial charge on any atom is 0.277 e. The molecule has 1 aromatic carbocycles. The fraction of sp³-hybridized carbons (Fsp3) is 0.647. The van der Waals surface area contributed by atoms with Crippen LogP contribution in [0.5, 0.6) is 0 Å². The highest BCUT2D eigenvalue weighted by Crippen LogP contribution is 2.08. The molecule has 1 saturated heterocycles. The van der Waals surface area contributed by atoms with Crippen molar-refractivity contribution >= 4 is 10.2 Å². The first-order valence-electron chi connectivity index (χ1n) is 8.74. The number of benzene rings is 1. The molecule has 1 aromatic rings. The molecule has 24 heavy (non-hydrogen) atoms. The van der Waals surface area contributed by atoms with Gasteiger partial charge in [0.1, 0.15) is 0 Å². The Morgan fingerprint density at radius 2 is 1.71 bits per heavy atom. The van der Waals surface area contributed by atoms with Crippen LogP contribution in [0.4, 0.5) is 0 Å². The van der Waals surface area contributed by atoms with E-state index in [-0.39, 0.29) is 6.04 Å². The molecule has 0 aromatic heterocycles. The summed E-state index contributed by atoms with van der Waals surface area (Å²) in [6.07, 6.45) is 0.790. The lowest BCUT2D eigenvalue weighted by atomic mass is 10.2. The van der Waals surface area contributed by atoms with Crippen LogP contribution in [-0.2, 0) is 16.8 Å². The van der Waals surface area contributed by atoms with Gasteiger partial charge in [-0.15, -0.1) is 0 Å². The topological polar surface area (TPSA) is 64.7 Å². The van der Waals surface area contributed by atoms with Crippen molar-refractivity contribution in [1.29, 1.82) is 0 Å². The molecule has 0 saturated carbocycles. The summed E-state index contributed by atoms with van der Waals surface area (Å²) >= 11 is 0. The van der Waals surface area contributed by atoms with Crippen molar-refractivity contribution in [3.8, 4) is 0 Å². The average molecular weight is 355 g/mol. The predicted molar refractivity (Wildman–Crippen MR) is 98.0 cm³/mol. The zero-order valence-corrected chi connectivity index (χ0v) is 15.6. The second-order valence-electron chi connectivity index (χ2n) is 6.48. The normalized spacial score (nSPS) is 18.6. The molecule has 2 rings (SSSR count). The quantitative estimate of drug-likeness (QED) is 0.695. The average Bonchev–Trinajstić information content (AvgIpc) is 2.55. The van der Waals surface area contributed by atoms with E-state index in [1.807, 2.05) is 19.9 Å². The highest BCUT2D eigenvalue weighted by Gasteiger charge is 2.20. The van der Waals surface area contributed by atoms with Gasteiger partial charge in [-0.2, -0.15) is 13.1 Å². The number of nitrogens with one attached hydrogen (secondary N) is 2. The lowest BCUT2D eigenvalue weighted by molar-refractivity contribution is 0.122. The van der Waals surface area contributed by atoms with Gasteiger partial charge in [-0.25, -0.2) is 4.72 Å². The van der Waals surface area contributed by atoms with Gasteiger partial charge in [0.05, 0.1) is 0 Å². The van der Waals surface area contributed by atoms with Crippen LogP contribution in [0, 0.1) is 0 Å². The van der Waals surface area contributed by atoms with Crippen LogP contribution >= 0.6 is 0 Å². The van der Waals surface area contributed by atoms with Crippen molar-refractivity contribution in [3.05, 3.63) is 35.9 Å². The van der Waals surface area contributed by atoms with Crippen LogP contribution in [0.25, 0.3) is 0 Å². The van der Waals surface area contributed by atoms with Gasteiger partial charge in [-0.1, -0.05) is 37.3 Å². The Balaban J connectivity index is 1.70. The van der Waals surface area contributed by atoms with E-state index >= 15 is 0 Å². The van der Waals surface area contributed by atoms with Gasteiger partial charge in [0, 0.05) is 51.9 Å². The number of hydrogen-bond acceptors (Lipinski definition) is 4. The summed E-state index contributed by atoms with van der Waals surface area (Å²) < 4.78 is 28.9. The van der Waals surface area contributed by atoms with Gasteiger partial charge in [0.15, 0.2) is 0 Å². The molecule has 0 amide bonds. The van der Waals surface area contributed by atoms with Crippen LogP contribution in [0.15, 0.2) is 30.3 Å². The van der Waals surface area contributed by atoms with Gasteiger partial charge in [0.25, 0.3) is 10.2 Å². The maximum absolute atomic E-state index is 11.8. The van der Waals surface area contributed by atoms with E-state index in [0.29, 0.717) is 6.54 Å². The monoisotopic (exact) mass is 354 g/mol. The summed E-state index contributed by atoms with van der Waals surface area (Å²) in [7, 11) is -3.38. The smallest absolute Gasteiger partial charge is 0.277 e. The SMILES string of the molecule is CCCNS(=O)(=O)NC(C)CN1CCN(Cc2ccccc2)CC1. The molecule has 1 fully saturated rings. The zero-order chi connectivity index (χ0) is 17.4. The maximum atomic E-state index is 11.8. The molecule has 0 radical (unpaired) electrons. The van der Waals surface area contributed by atoms with Crippen LogP contribution in [-0.4, -0.2) is 63.5 Å². The third-order valence-corrected chi connectivity index (χ3v) is 5.44. The molecular weight excluding hydrogens is 324 g/mol. The van der Waals surface area contributed by atoms with Gasteiger partial charge in [-0.05, 0) is 18.9 Å². The van der Waals surface area contributed by atoms with E-state index in [1.54, 1.807) is 0 Å². The fourth-order valence-corrected chi connectivity index (χ4v) is 4.10. The third-order valence-electron chi connectivity index (χ3n) is 4.14. The Morgan fingerprint density at radius 1 is 1.08 bits per heavy atom. The summed E-state index contributed by atoms with van der Waals surface area (Å²) in [5, 5.41) is 0. The highest BCUT2D eigenvalue weighted by atomic mass is 32.2. The summed E-state index contributed by atoms with van der Waals surface area (Å²) in [6, 6.07) is 10.4. The summed E-state index contributed by atoms with van der Waals surface area (Å²) in [5.41, 5.74) is 1.34. The van der Waals surface area contributed by atoms with Crippen molar-refractivity contribution < 1.29 is 8.42 Å². The van der Waals surface area contributed by atoms with E-state index in [0.717, 1.165) is 45.7 Å². The van der Waals surface area contributed by atoms with Crippen LogP contribution < -0.4 is 9.44 Å². The molecule has 7 heteroatoms. The minimum atomic E-state index is -3.38. The van der Waals surface area contributed by atoms with E-state index in [9.17, 15) is 8.42 Å². The van der Waals surface area contributed by atoms with Gasteiger partial charge in [0.2, 0.25) is 0 Å². The number of nitrogens with zero attached hydrogens (tertiary/aromatic N) is 2. The van der Waals surface area contributed by atoms with Crippen LogP contribution in [0.3, 0.4) is 0 Å². The highest BCUT2D eigenvalue weighted by molar-refractivity contribution is 7.87. The molecule has 0 aliphatic carbocycles. The molecule has 1 atom stereocenters. The van der Waals surface area contributed by atoms with Crippen LogP contribution in [0.2, 0.25) is 0 Å². The summed E-state index contributed by atoms with van der Waals surface area (Å²) in [4.78, 5) is 4.78. The number of rotatable bonds is 9. The molecule has 1 aliphatic rings. The summed E-state index contributed by atoms with van der Waals surface area (Å²) in [5.74, 6) is 0. The molecule has 1 heterocycles. The minimum Gasteiger partial charge on any atom is -0.299 e. The van der Waals surface area contributed by atoms with Crippen molar-refractivity contribution in [2.75, 3.05) is 39.3 Å². The largest absolute Gasteiger partial charge is 0.299 e. The van der Waals surface area contributed by atoms with Crippen molar-refractivity contribution in [2.45, 2.75) is 32.9 Å². The first-order valence-corrected chi connectivity index (χ1v) is 10.2. The lowest BCUT2D eigenvalue weighted by Gasteiger charge is -2.36. The van der Waals surface area contributed by atoms with Gasteiger partial charge < -0.3 is 0 Å². The molecule has 0 bridgehead atoms.